The van der Waals surface area contributed by atoms with Crippen molar-refractivity contribution in [1.82, 2.24) is 9.62 Å². The van der Waals surface area contributed by atoms with Gasteiger partial charge in [0.1, 0.15) is 5.54 Å². The summed E-state index contributed by atoms with van der Waals surface area (Å²) in [4.78, 5) is 23.6. The first-order valence-corrected chi connectivity index (χ1v) is 7.31. The maximum Gasteiger partial charge on any atom is 0.303 e. The van der Waals surface area contributed by atoms with Crippen molar-refractivity contribution >= 4 is 21.9 Å². The van der Waals surface area contributed by atoms with Crippen LogP contribution in [0.15, 0.2) is 0 Å². The number of nitrogens with one attached hydrogen (secondary N) is 1. The van der Waals surface area contributed by atoms with Crippen LogP contribution in [0.5, 0.6) is 0 Å². The molecular weight excluding hydrogens is 260 g/mol. The molecule has 0 aliphatic heterocycles. The lowest BCUT2D eigenvalue weighted by Crippen LogP contribution is -2.54. The van der Waals surface area contributed by atoms with Crippen molar-refractivity contribution in [2.24, 2.45) is 0 Å². The molecule has 7 nitrogen and oxygen atoms in total. The third-order valence-corrected chi connectivity index (χ3v) is 3.09. The number of rotatable bonds is 7. The molecule has 0 spiro atoms. The second kappa shape index (κ2) is 6.14. The van der Waals surface area contributed by atoms with E-state index in [0.29, 0.717) is 6.42 Å². The third kappa shape index (κ3) is 6.55. The van der Waals surface area contributed by atoms with E-state index in [1.807, 2.05) is 0 Å². The van der Waals surface area contributed by atoms with Crippen LogP contribution in [0.25, 0.3) is 0 Å². The lowest BCUT2D eigenvalue weighted by Gasteiger charge is -2.29. The van der Waals surface area contributed by atoms with Crippen molar-refractivity contribution in [3.63, 3.8) is 0 Å². The lowest BCUT2D eigenvalue weighted by atomic mass is 10.1. The van der Waals surface area contributed by atoms with E-state index in [1.165, 1.54) is 25.8 Å². The molecule has 8 heteroatoms. The smallest absolute Gasteiger partial charge is 0.303 e. The predicted molar refractivity (Wildman–Crippen MR) is 66.6 cm³/mol. The molecule has 0 aliphatic carbocycles. The average molecular weight is 280 g/mol. The van der Waals surface area contributed by atoms with Crippen molar-refractivity contribution in [3.05, 3.63) is 0 Å². The normalized spacial score (nSPS) is 12.2. The molecule has 0 heterocycles. The maximum absolute atomic E-state index is 12.0. The molecule has 0 aromatic rings. The Kier molecular flexibility index (Phi) is 5.75. The number of amides is 1. The molecule has 0 aliphatic rings. The SMILES string of the molecule is CN(CCCC(=O)O)C(=O)C(C)(C)NS(C)(=O)=O. The molecule has 0 atom stereocenters. The van der Waals surface area contributed by atoms with Crippen LogP contribution in [-0.2, 0) is 19.6 Å². The van der Waals surface area contributed by atoms with Gasteiger partial charge in [0.15, 0.2) is 0 Å². The van der Waals surface area contributed by atoms with Gasteiger partial charge in [-0.25, -0.2) is 13.1 Å². The van der Waals surface area contributed by atoms with Gasteiger partial charge in [-0.15, -0.1) is 0 Å². The highest BCUT2D eigenvalue weighted by Crippen LogP contribution is 2.09. The Morgan fingerprint density at radius 2 is 1.83 bits per heavy atom. The number of carboxylic acids is 1. The first kappa shape index (κ1) is 16.9. The van der Waals surface area contributed by atoms with Gasteiger partial charge in [-0.2, -0.15) is 0 Å². The van der Waals surface area contributed by atoms with Gasteiger partial charge >= 0.3 is 5.97 Å². The largest absolute Gasteiger partial charge is 0.481 e. The third-order valence-electron chi connectivity index (χ3n) is 2.21. The molecule has 1 amide bonds. The molecule has 0 aromatic carbocycles. The Morgan fingerprint density at radius 1 is 1.33 bits per heavy atom. The van der Waals surface area contributed by atoms with E-state index in [9.17, 15) is 18.0 Å². The Hall–Kier alpha value is -1.15. The van der Waals surface area contributed by atoms with Gasteiger partial charge in [-0.3, -0.25) is 9.59 Å². The topological polar surface area (TPSA) is 104 Å². The molecule has 2 N–H and O–H groups in total. The number of carbonyl (C=O) groups is 2. The van der Waals surface area contributed by atoms with E-state index in [2.05, 4.69) is 4.72 Å². The van der Waals surface area contributed by atoms with E-state index >= 15 is 0 Å². The zero-order chi connectivity index (χ0) is 14.6. The molecule has 0 saturated carbocycles. The quantitative estimate of drug-likeness (QED) is 0.662. The lowest BCUT2D eigenvalue weighted by molar-refractivity contribution is -0.139. The van der Waals surface area contributed by atoms with Gasteiger partial charge in [0.25, 0.3) is 0 Å². The summed E-state index contributed by atoms with van der Waals surface area (Å²) in [6.07, 6.45) is 1.27. The minimum absolute atomic E-state index is 0.0302. The molecular formula is C10H20N2O5S. The second-order valence-electron chi connectivity index (χ2n) is 4.72. The van der Waals surface area contributed by atoms with Gasteiger partial charge in [-0.1, -0.05) is 0 Å². The Labute approximate surface area is 107 Å². The Balaban J connectivity index is 4.48. The molecule has 0 saturated heterocycles. The molecule has 0 bridgehead atoms. The second-order valence-corrected chi connectivity index (χ2v) is 6.47. The van der Waals surface area contributed by atoms with Crippen LogP contribution in [0.4, 0.5) is 0 Å². The minimum Gasteiger partial charge on any atom is -0.481 e. The summed E-state index contributed by atoms with van der Waals surface area (Å²) >= 11 is 0. The van der Waals surface area contributed by atoms with E-state index in [0.717, 1.165) is 6.26 Å². The van der Waals surface area contributed by atoms with Gasteiger partial charge in [0.2, 0.25) is 15.9 Å². The van der Waals surface area contributed by atoms with E-state index in [-0.39, 0.29) is 13.0 Å². The molecule has 0 aromatic heterocycles. The summed E-state index contributed by atoms with van der Waals surface area (Å²) in [5.41, 5.74) is -1.24. The van der Waals surface area contributed by atoms with Crippen LogP contribution < -0.4 is 4.72 Å². The first-order valence-electron chi connectivity index (χ1n) is 5.42. The minimum atomic E-state index is -3.49. The highest BCUT2D eigenvalue weighted by Gasteiger charge is 2.32. The van der Waals surface area contributed by atoms with Crippen molar-refractivity contribution in [2.45, 2.75) is 32.2 Å². The number of aliphatic carboxylic acids is 1. The molecule has 106 valence electrons. The fourth-order valence-electron chi connectivity index (χ4n) is 1.55. The summed E-state index contributed by atoms with van der Waals surface area (Å²) < 4.78 is 24.5. The van der Waals surface area contributed by atoms with E-state index < -0.39 is 27.4 Å². The van der Waals surface area contributed by atoms with Crippen LogP contribution in [0.1, 0.15) is 26.7 Å². The summed E-state index contributed by atoms with van der Waals surface area (Å²) in [6.45, 7) is 3.19. The standard InChI is InChI=1S/C10H20N2O5S/c1-10(2,11-18(4,16)17)9(15)12(3)7-5-6-8(13)14/h11H,5-7H2,1-4H3,(H,13,14). The van der Waals surface area contributed by atoms with Gasteiger partial charge in [-0.05, 0) is 20.3 Å². The monoisotopic (exact) mass is 280 g/mol. The van der Waals surface area contributed by atoms with Crippen LogP contribution in [0.3, 0.4) is 0 Å². The number of carbonyl (C=O) groups excluding carboxylic acids is 1. The molecule has 18 heavy (non-hydrogen) atoms. The summed E-state index contributed by atoms with van der Waals surface area (Å²) in [5.74, 6) is -1.33. The van der Waals surface area contributed by atoms with Crippen molar-refractivity contribution in [2.75, 3.05) is 19.8 Å². The van der Waals surface area contributed by atoms with Gasteiger partial charge in [0, 0.05) is 20.0 Å². The summed E-state index contributed by atoms with van der Waals surface area (Å²) in [6, 6.07) is 0. The highest BCUT2D eigenvalue weighted by molar-refractivity contribution is 7.88. The molecule has 0 unspecified atom stereocenters. The van der Waals surface area contributed by atoms with Crippen LogP contribution in [0.2, 0.25) is 0 Å². The summed E-state index contributed by atoms with van der Waals surface area (Å²) in [5, 5.41) is 8.48. The number of hydrogen-bond acceptors (Lipinski definition) is 4. The average Bonchev–Trinajstić information content (AvgIpc) is 2.11. The van der Waals surface area contributed by atoms with Crippen LogP contribution in [0, 0.1) is 0 Å². The number of nitrogens with zero attached hydrogens (tertiary/aromatic N) is 1. The van der Waals surface area contributed by atoms with Crippen molar-refractivity contribution in [1.29, 1.82) is 0 Å². The number of hydrogen-bond donors (Lipinski definition) is 2. The highest BCUT2D eigenvalue weighted by atomic mass is 32.2. The first-order chi connectivity index (χ1) is 7.96. The molecule has 0 rings (SSSR count). The Morgan fingerprint density at radius 3 is 2.22 bits per heavy atom. The van der Waals surface area contributed by atoms with E-state index in [4.69, 9.17) is 5.11 Å². The van der Waals surface area contributed by atoms with E-state index in [1.54, 1.807) is 0 Å². The zero-order valence-electron chi connectivity index (χ0n) is 11.1. The number of sulfonamides is 1. The Bertz CT molecular complexity index is 416. The fourth-order valence-corrected chi connectivity index (χ4v) is 2.57. The molecule has 0 radical (unpaired) electrons. The zero-order valence-corrected chi connectivity index (χ0v) is 11.9. The van der Waals surface area contributed by atoms with Gasteiger partial charge in [0.05, 0.1) is 6.26 Å². The van der Waals surface area contributed by atoms with Crippen molar-refractivity contribution in [3.8, 4) is 0 Å². The van der Waals surface area contributed by atoms with Crippen molar-refractivity contribution < 1.29 is 23.1 Å². The van der Waals surface area contributed by atoms with Gasteiger partial charge < -0.3 is 10.0 Å². The fraction of sp³-hybridized carbons (Fsp3) is 0.800. The maximum atomic E-state index is 12.0. The van der Waals surface area contributed by atoms with Crippen LogP contribution >= 0.6 is 0 Å². The predicted octanol–water partition coefficient (Wildman–Crippen LogP) is -0.363. The number of likely N-dealkylation sites (N-methyl/N-ethyl adjacent to an activating group) is 1. The molecule has 0 fully saturated rings. The summed E-state index contributed by atoms with van der Waals surface area (Å²) in [7, 11) is -1.98. The van der Waals surface area contributed by atoms with Crippen LogP contribution in [-0.4, -0.2) is 55.7 Å². The number of carboxylic acid groups (broad SMARTS) is 1.